The Hall–Kier alpha value is -2.31. The Bertz CT molecular complexity index is 525. The van der Waals surface area contributed by atoms with Crippen LogP contribution in [0.25, 0.3) is 0 Å². The molecule has 1 rings (SSSR count). The Morgan fingerprint density at radius 3 is 2.55 bits per heavy atom. The van der Waals surface area contributed by atoms with Gasteiger partial charge in [-0.3, -0.25) is 4.98 Å². The van der Waals surface area contributed by atoms with Crippen LogP contribution in [0.5, 0.6) is 5.75 Å². The molecule has 0 aliphatic heterocycles. The highest BCUT2D eigenvalue weighted by molar-refractivity contribution is 5.81. The summed E-state index contributed by atoms with van der Waals surface area (Å²) in [5, 5.41) is 2.51. The maximum atomic E-state index is 11.9. The first-order chi connectivity index (χ1) is 10.3. The molecule has 22 heavy (non-hydrogen) atoms. The first-order valence-electron chi connectivity index (χ1n) is 6.81. The van der Waals surface area contributed by atoms with Crippen molar-refractivity contribution < 1.29 is 23.8 Å². The third-order valence-electron chi connectivity index (χ3n) is 2.68. The smallest absolute Gasteiger partial charge is 0.408 e. The van der Waals surface area contributed by atoms with Gasteiger partial charge in [-0.25, -0.2) is 9.59 Å². The number of carbonyl (C=O) groups excluding carboxylic acids is 2. The van der Waals surface area contributed by atoms with Gasteiger partial charge in [0.2, 0.25) is 0 Å². The normalized spacial score (nSPS) is 12.2. The standard InChI is InChI=1S/C15H22N2O5/c1-15(2,3)22-14(19)17-11(13(18)21-5)8-10-9-16-7-6-12(10)20-4/h6-7,9,11H,8H2,1-5H3,(H,17,19)/t11-/m1/s1. The van der Waals surface area contributed by atoms with E-state index in [2.05, 4.69) is 10.3 Å². The van der Waals surface area contributed by atoms with Gasteiger partial charge in [-0.1, -0.05) is 0 Å². The van der Waals surface area contributed by atoms with Gasteiger partial charge in [0.1, 0.15) is 17.4 Å². The lowest BCUT2D eigenvalue weighted by Gasteiger charge is -2.22. The zero-order valence-corrected chi connectivity index (χ0v) is 13.5. The fraction of sp³-hybridized carbons (Fsp3) is 0.533. The summed E-state index contributed by atoms with van der Waals surface area (Å²) < 4.78 is 15.1. The molecule has 0 aliphatic carbocycles. The maximum absolute atomic E-state index is 11.9. The molecule has 0 fully saturated rings. The van der Waals surface area contributed by atoms with Crippen LogP contribution in [0, 0.1) is 0 Å². The Kier molecular flexibility index (Phi) is 6.15. The average molecular weight is 310 g/mol. The molecule has 0 saturated carbocycles. The second-order valence-corrected chi connectivity index (χ2v) is 5.61. The number of alkyl carbamates (subject to hydrolysis) is 1. The van der Waals surface area contributed by atoms with Crippen molar-refractivity contribution in [3.8, 4) is 5.75 Å². The summed E-state index contributed by atoms with van der Waals surface area (Å²) in [7, 11) is 2.78. The van der Waals surface area contributed by atoms with E-state index < -0.39 is 23.7 Å². The topological polar surface area (TPSA) is 86.8 Å². The van der Waals surface area contributed by atoms with E-state index in [4.69, 9.17) is 14.2 Å². The van der Waals surface area contributed by atoms with Crippen LogP contribution in [0.3, 0.4) is 0 Å². The van der Waals surface area contributed by atoms with Crippen LogP contribution < -0.4 is 10.1 Å². The number of hydrogen-bond donors (Lipinski definition) is 1. The second kappa shape index (κ2) is 7.63. The molecule has 0 saturated heterocycles. The molecule has 1 aromatic rings. The number of aromatic nitrogens is 1. The monoisotopic (exact) mass is 310 g/mol. The van der Waals surface area contributed by atoms with Crippen molar-refractivity contribution in [1.82, 2.24) is 10.3 Å². The molecular formula is C15H22N2O5. The van der Waals surface area contributed by atoms with Gasteiger partial charge in [-0.15, -0.1) is 0 Å². The number of pyridine rings is 1. The minimum atomic E-state index is -0.891. The predicted molar refractivity (Wildman–Crippen MR) is 79.7 cm³/mol. The quantitative estimate of drug-likeness (QED) is 0.833. The molecule has 1 heterocycles. The number of carbonyl (C=O) groups is 2. The summed E-state index contributed by atoms with van der Waals surface area (Å²) in [5.74, 6) is 0.00616. The highest BCUT2D eigenvalue weighted by Crippen LogP contribution is 2.18. The molecule has 0 bridgehead atoms. The molecular weight excluding hydrogens is 288 g/mol. The molecule has 0 radical (unpaired) electrons. The lowest BCUT2D eigenvalue weighted by molar-refractivity contribution is -0.143. The number of methoxy groups -OCH3 is 2. The first kappa shape index (κ1) is 17.7. The molecule has 0 spiro atoms. The highest BCUT2D eigenvalue weighted by atomic mass is 16.6. The minimum absolute atomic E-state index is 0.183. The number of esters is 1. The number of nitrogens with one attached hydrogen (secondary N) is 1. The highest BCUT2D eigenvalue weighted by Gasteiger charge is 2.26. The van der Waals surface area contributed by atoms with Crippen LogP contribution in [0.2, 0.25) is 0 Å². The number of amides is 1. The Morgan fingerprint density at radius 1 is 1.32 bits per heavy atom. The van der Waals surface area contributed by atoms with Gasteiger partial charge in [0, 0.05) is 24.4 Å². The summed E-state index contributed by atoms with van der Waals surface area (Å²) >= 11 is 0. The van der Waals surface area contributed by atoms with Gasteiger partial charge in [-0.05, 0) is 26.8 Å². The number of hydrogen-bond acceptors (Lipinski definition) is 6. The van der Waals surface area contributed by atoms with E-state index in [9.17, 15) is 9.59 Å². The molecule has 1 N–H and O–H groups in total. The van der Waals surface area contributed by atoms with Gasteiger partial charge in [0.25, 0.3) is 0 Å². The van der Waals surface area contributed by atoms with Crippen LogP contribution in [0.15, 0.2) is 18.5 Å². The fourth-order valence-electron chi connectivity index (χ4n) is 1.77. The van der Waals surface area contributed by atoms with E-state index in [1.54, 1.807) is 39.2 Å². The molecule has 1 amide bonds. The van der Waals surface area contributed by atoms with Gasteiger partial charge >= 0.3 is 12.1 Å². The van der Waals surface area contributed by atoms with Gasteiger partial charge < -0.3 is 19.5 Å². The summed E-state index contributed by atoms with van der Waals surface area (Å²) in [5.41, 5.74) is 0.0213. The molecule has 1 atom stereocenters. The third kappa shape index (κ3) is 5.59. The van der Waals surface area contributed by atoms with E-state index in [0.29, 0.717) is 11.3 Å². The summed E-state index contributed by atoms with van der Waals surface area (Å²) in [6.07, 6.45) is 2.65. The molecule has 7 nitrogen and oxygen atoms in total. The molecule has 1 aromatic heterocycles. The average Bonchev–Trinajstić information content (AvgIpc) is 2.44. The fourth-order valence-corrected chi connectivity index (χ4v) is 1.77. The molecule has 0 aliphatic rings. The van der Waals surface area contributed by atoms with E-state index in [0.717, 1.165) is 0 Å². The van der Waals surface area contributed by atoms with Crippen molar-refractivity contribution in [1.29, 1.82) is 0 Å². The third-order valence-corrected chi connectivity index (χ3v) is 2.68. The SMILES string of the molecule is COC(=O)[C@@H](Cc1cnccc1OC)NC(=O)OC(C)(C)C. The lowest BCUT2D eigenvalue weighted by atomic mass is 10.1. The van der Waals surface area contributed by atoms with Gasteiger partial charge in [0.05, 0.1) is 14.2 Å². The first-order valence-corrected chi connectivity index (χ1v) is 6.81. The van der Waals surface area contributed by atoms with E-state index in [1.807, 2.05) is 0 Å². The van der Waals surface area contributed by atoms with E-state index in [1.165, 1.54) is 14.2 Å². The van der Waals surface area contributed by atoms with Crippen molar-refractivity contribution in [3.63, 3.8) is 0 Å². The molecule has 0 unspecified atom stereocenters. The summed E-state index contributed by atoms with van der Waals surface area (Å²) in [4.78, 5) is 27.7. The van der Waals surface area contributed by atoms with E-state index in [-0.39, 0.29) is 6.42 Å². The Morgan fingerprint density at radius 2 is 2.00 bits per heavy atom. The van der Waals surface area contributed by atoms with Crippen LogP contribution in [-0.4, -0.2) is 42.9 Å². The number of rotatable bonds is 5. The lowest BCUT2D eigenvalue weighted by Crippen LogP contribution is -2.45. The predicted octanol–water partition coefficient (Wildman–Crippen LogP) is 1.70. The van der Waals surface area contributed by atoms with Crippen molar-refractivity contribution in [2.45, 2.75) is 38.8 Å². The van der Waals surface area contributed by atoms with Crippen molar-refractivity contribution in [2.75, 3.05) is 14.2 Å². The van der Waals surface area contributed by atoms with Crippen molar-refractivity contribution in [2.24, 2.45) is 0 Å². The minimum Gasteiger partial charge on any atom is -0.496 e. The molecule has 7 heteroatoms. The van der Waals surface area contributed by atoms with Crippen LogP contribution >= 0.6 is 0 Å². The summed E-state index contributed by atoms with van der Waals surface area (Å²) in [6, 6.07) is 0.787. The van der Waals surface area contributed by atoms with Crippen molar-refractivity contribution in [3.05, 3.63) is 24.0 Å². The largest absolute Gasteiger partial charge is 0.496 e. The number of ether oxygens (including phenoxy) is 3. The second-order valence-electron chi connectivity index (χ2n) is 5.61. The van der Waals surface area contributed by atoms with Crippen molar-refractivity contribution >= 4 is 12.1 Å². The maximum Gasteiger partial charge on any atom is 0.408 e. The van der Waals surface area contributed by atoms with Crippen LogP contribution in [0.1, 0.15) is 26.3 Å². The van der Waals surface area contributed by atoms with Crippen LogP contribution in [0.4, 0.5) is 4.79 Å². The Balaban J connectivity index is 2.85. The zero-order valence-electron chi connectivity index (χ0n) is 13.5. The van der Waals surface area contributed by atoms with E-state index >= 15 is 0 Å². The summed E-state index contributed by atoms with van der Waals surface area (Å²) in [6.45, 7) is 5.22. The van der Waals surface area contributed by atoms with Crippen LogP contribution in [-0.2, 0) is 20.7 Å². The Labute approximate surface area is 130 Å². The van der Waals surface area contributed by atoms with Gasteiger partial charge in [-0.2, -0.15) is 0 Å². The zero-order chi connectivity index (χ0) is 16.8. The molecule has 122 valence electrons. The number of nitrogens with zero attached hydrogens (tertiary/aromatic N) is 1. The molecule has 0 aromatic carbocycles. The van der Waals surface area contributed by atoms with Gasteiger partial charge in [0.15, 0.2) is 0 Å².